The van der Waals surface area contributed by atoms with Crippen LogP contribution in [0, 0.1) is 17.8 Å². The molecule has 11 heavy (non-hydrogen) atoms. The lowest BCUT2D eigenvalue weighted by atomic mass is 9.48. The summed E-state index contributed by atoms with van der Waals surface area (Å²) in [4.78, 5) is 0. The number of fused-ring (bicyclic) bond motifs is 3. The van der Waals surface area contributed by atoms with Gasteiger partial charge in [0.2, 0.25) is 0 Å². The molecule has 0 aliphatic heterocycles. The van der Waals surface area contributed by atoms with Gasteiger partial charge in [0.1, 0.15) is 7.85 Å². The molecule has 0 heterocycles. The molecular weight excluding hydrogens is 131 g/mol. The van der Waals surface area contributed by atoms with Crippen LogP contribution in [0.4, 0.5) is 0 Å². The second kappa shape index (κ2) is 2.69. The Morgan fingerprint density at radius 2 is 2.27 bits per heavy atom. The van der Waals surface area contributed by atoms with Gasteiger partial charge in [0.25, 0.3) is 0 Å². The van der Waals surface area contributed by atoms with E-state index < -0.39 is 0 Å². The van der Waals surface area contributed by atoms with Gasteiger partial charge < -0.3 is 0 Å². The summed E-state index contributed by atoms with van der Waals surface area (Å²) >= 11 is 0. The number of allylic oxidation sites excluding steroid dienone is 2. The van der Waals surface area contributed by atoms with Gasteiger partial charge in [0.15, 0.2) is 0 Å². The van der Waals surface area contributed by atoms with Gasteiger partial charge in [0.05, 0.1) is 0 Å². The minimum absolute atomic E-state index is 0.917. The van der Waals surface area contributed by atoms with E-state index in [0.717, 1.165) is 23.6 Å². The van der Waals surface area contributed by atoms with Crippen LogP contribution in [0.15, 0.2) is 12.2 Å². The number of hydrogen-bond donors (Lipinski definition) is 0. The Labute approximate surface area is 70.5 Å². The first-order valence-corrected chi connectivity index (χ1v) is 4.97. The minimum Gasteiger partial charge on any atom is -0.0883 e. The first-order valence-electron chi connectivity index (χ1n) is 4.97. The zero-order valence-electron chi connectivity index (χ0n) is 7.59. The third-order valence-corrected chi connectivity index (χ3v) is 3.83. The van der Waals surface area contributed by atoms with Crippen molar-refractivity contribution in [1.29, 1.82) is 0 Å². The van der Waals surface area contributed by atoms with Gasteiger partial charge in [-0.3, -0.25) is 0 Å². The lowest BCUT2D eigenvalue weighted by molar-refractivity contribution is 0.113. The molecule has 3 rings (SSSR count). The summed E-state index contributed by atoms with van der Waals surface area (Å²) in [5, 5.41) is 0. The molecule has 0 saturated heterocycles. The molecule has 0 spiro atoms. The SMILES string of the molecule is BC1C2/C=C\CCCC1C2C. The van der Waals surface area contributed by atoms with Crippen LogP contribution in [0.2, 0.25) is 5.82 Å². The molecule has 3 aliphatic rings. The molecule has 0 N–H and O–H groups in total. The molecule has 1 fully saturated rings. The van der Waals surface area contributed by atoms with Crippen molar-refractivity contribution in [3.8, 4) is 0 Å². The van der Waals surface area contributed by atoms with E-state index in [0.29, 0.717) is 0 Å². The van der Waals surface area contributed by atoms with Gasteiger partial charge in [-0.05, 0) is 30.6 Å². The lowest BCUT2D eigenvalue weighted by Gasteiger charge is -2.49. The molecule has 3 aliphatic carbocycles. The van der Waals surface area contributed by atoms with Gasteiger partial charge >= 0.3 is 0 Å². The summed E-state index contributed by atoms with van der Waals surface area (Å²) < 4.78 is 0. The van der Waals surface area contributed by atoms with E-state index in [1.54, 1.807) is 0 Å². The molecule has 0 aromatic heterocycles. The molecule has 0 nitrogen and oxygen atoms in total. The van der Waals surface area contributed by atoms with Crippen molar-refractivity contribution < 1.29 is 0 Å². The van der Waals surface area contributed by atoms with E-state index in [9.17, 15) is 0 Å². The minimum atomic E-state index is 0.917. The van der Waals surface area contributed by atoms with E-state index in [-0.39, 0.29) is 0 Å². The molecule has 0 amide bonds. The molecule has 2 bridgehead atoms. The van der Waals surface area contributed by atoms with E-state index >= 15 is 0 Å². The average molecular weight is 148 g/mol. The highest BCUT2D eigenvalue weighted by atomic mass is 14.4. The van der Waals surface area contributed by atoms with Crippen LogP contribution in [0.25, 0.3) is 0 Å². The Bertz CT molecular complexity index is 164. The van der Waals surface area contributed by atoms with Gasteiger partial charge in [0, 0.05) is 0 Å². The smallest absolute Gasteiger partial charge is 0.0883 e. The van der Waals surface area contributed by atoms with Gasteiger partial charge in [-0.2, -0.15) is 0 Å². The van der Waals surface area contributed by atoms with Crippen molar-refractivity contribution in [3.63, 3.8) is 0 Å². The molecule has 0 aromatic rings. The van der Waals surface area contributed by atoms with Crippen molar-refractivity contribution in [2.45, 2.75) is 32.0 Å². The summed E-state index contributed by atoms with van der Waals surface area (Å²) in [6, 6.07) is 0. The van der Waals surface area contributed by atoms with E-state index in [1.165, 1.54) is 19.3 Å². The molecule has 1 saturated carbocycles. The van der Waals surface area contributed by atoms with Crippen LogP contribution >= 0.6 is 0 Å². The second-order valence-corrected chi connectivity index (χ2v) is 4.32. The average Bonchev–Trinajstić information content (AvgIpc) is 1.95. The van der Waals surface area contributed by atoms with Gasteiger partial charge in [-0.15, -0.1) is 0 Å². The Balaban J connectivity index is 2.12. The topological polar surface area (TPSA) is 0 Å². The highest BCUT2D eigenvalue weighted by Gasteiger charge is 2.42. The van der Waals surface area contributed by atoms with Crippen LogP contribution in [-0.2, 0) is 0 Å². The Kier molecular flexibility index (Phi) is 1.82. The van der Waals surface area contributed by atoms with Gasteiger partial charge in [-0.25, -0.2) is 0 Å². The van der Waals surface area contributed by atoms with Crippen LogP contribution in [0.1, 0.15) is 26.2 Å². The lowest BCUT2D eigenvalue weighted by Crippen LogP contribution is -2.40. The maximum absolute atomic E-state index is 2.46. The monoisotopic (exact) mass is 148 g/mol. The maximum atomic E-state index is 2.46. The summed E-state index contributed by atoms with van der Waals surface area (Å²) in [5.41, 5.74) is 0. The van der Waals surface area contributed by atoms with Crippen LogP contribution in [0.3, 0.4) is 0 Å². The van der Waals surface area contributed by atoms with Crippen LogP contribution in [0.5, 0.6) is 0 Å². The second-order valence-electron chi connectivity index (χ2n) is 4.32. The summed E-state index contributed by atoms with van der Waals surface area (Å²) in [5.74, 6) is 3.91. The summed E-state index contributed by atoms with van der Waals surface area (Å²) in [7, 11) is 2.42. The normalized spacial score (nSPS) is 52.1. The fourth-order valence-electron chi connectivity index (χ4n) is 2.98. The van der Waals surface area contributed by atoms with Crippen LogP contribution < -0.4 is 0 Å². The molecule has 0 aromatic carbocycles. The van der Waals surface area contributed by atoms with Crippen molar-refractivity contribution in [2.24, 2.45) is 17.8 Å². The Morgan fingerprint density at radius 1 is 1.45 bits per heavy atom. The third-order valence-electron chi connectivity index (χ3n) is 3.83. The molecule has 0 radical (unpaired) electrons. The van der Waals surface area contributed by atoms with Crippen molar-refractivity contribution >= 4 is 7.85 Å². The highest BCUT2D eigenvalue weighted by molar-refractivity contribution is 6.13. The quantitative estimate of drug-likeness (QED) is 0.364. The predicted molar refractivity (Wildman–Crippen MR) is 51.4 cm³/mol. The fraction of sp³-hybridized carbons (Fsp3) is 0.800. The van der Waals surface area contributed by atoms with Crippen molar-refractivity contribution in [2.75, 3.05) is 0 Å². The first-order chi connectivity index (χ1) is 5.30. The molecule has 4 atom stereocenters. The molecule has 4 unspecified atom stereocenters. The number of hydrogen-bond acceptors (Lipinski definition) is 0. The highest BCUT2D eigenvalue weighted by Crippen LogP contribution is 2.52. The maximum Gasteiger partial charge on any atom is 0.106 e. The fourth-order valence-corrected chi connectivity index (χ4v) is 2.98. The van der Waals surface area contributed by atoms with E-state index in [2.05, 4.69) is 26.9 Å². The molecular formula is C10H17B. The zero-order chi connectivity index (χ0) is 7.84. The molecule has 60 valence electrons. The first kappa shape index (κ1) is 7.45. The zero-order valence-corrected chi connectivity index (χ0v) is 7.59. The Morgan fingerprint density at radius 3 is 3.00 bits per heavy atom. The standard InChI is InChI=1S/C10H17B/c1-7-8-5-3-2-4-6-9(7)10(8)11/h3,5,7-10H,2,4,6,11H2,1H3/b5-3-. The van der Waals surface area contributed by atoms with Gasteiger partial charge in [-0.1, -0.05) is 31.3 Å². The predicted octanol–water partition coefficient (Wildman–Crippen LogP) is 2.03. The van der Waals surface area contributed by atoms with E-state index in [4.69, 9.17) is 0 Å². The van der Waals surface area contributed by atoms with Crippen LogP contribution in [-0.4, -0.2) is 7.85 Å². The largest absolute Gasteiger partial charge is 0.106 e. The summed E-state index contributed by atoms with van der Waals surface area (Å²) in [6.07, 6.45) is 9.08. The van der Waals surface area contributed by atoms with Crippen molar-refractivity contribution in [3.05, 3.63) is 12.2 Å². The van der Waals surface area contributed by atoms with Crippen molar-refractivity contribution in [1.82, 2.24) is 0 Å². The van der Waals surface area contributed by atoms with E-state index in [1.807, 2.05) is 0 Å². The molecule has 1 heteroatoms. The number of rotatable bonds is 0. The summed E-state index contributed by atoms with van der Waals surface area (Å²) in [6.45, 7) is 2.42. The Hall–Kier alpha value is -0.195. The third kappa shape index (κ3) is 1.05.